The van der Waals surface area contributed by atoms with Crippen LogP contribution in [0.5, 0.6) is 5.88 Å². The highest BCUT2D eigenvalue weighted by atomic mass is 32.2. The summed E-state index contributed by atoms with van der Waals surface area (Å²) in [6.45, 7) is 0. The molecule has 1 aliphatic rings. The molecule has 10 nitrogen and oxygen atoms in total. The number of hydrogen-bond donors (Lipinski definition) is 2. The number of fused-ring (bicyclic) bond motifs is 9. The standard InChI is InChI=1S/C24H16N6O4S2/c1-34-24-19-7-14(10-26-24)20-8-18-22(35-20)21(28-12-27-18)15-5-16(11-25-9-15)29-23(31)13-3-2-4-17(6-13)36(32,33)30-19/h2-12,30H,1H3,(H,29,31). The fourth-order valence-corrected chi connectivity index (χ4v) is 6.07. The number of methoxy groups -OCH3 is 1. The normalized spacial score (nSPS) is 14.1. The molecule has 0 spiro atoms. The first-order valence-corrected chi connectivity index (χ1v) is 12.9. The average Bonchev–Trinajstić information content (AvgIpc) is 3.33. The van der Waals surface area contributed by atoms with Crippen molar-refractivity contribution in [2.75, 3.05) is 17.1 Å². The number of ether oxygens (including phenoxy) is 1. The first kappa shape index (κ1) is 22.1. The SMILES string of the molecule is COc1ncc2cc1NS(=O)(=O)c1cccc(c1)C(=O)Nc1cncc(c1)-c1ncnc3cc-2sc13. The van der Waals surface area contributed by atoms with Crippen molar-refractivity contribution in [3.05, 3.63) is 72.9 Å². The number of thiophene rings is 1. The molecule has 2 N–H and O–H groups in total. The lowest BCUT2D eigenvalue weighted by Gasteiger charge is -2.13. The Bertz CT molecular complexity index is 1790. The van der Waals surface area contributed by atoms with Gasteiger partial charge in [0.1, 0.15) is 12.0 Å². The van der Waals surface area contributed by atoms with Crippen molar-refractivity contribution in [3.63, 3.8) is 0 Å². The number of nitrogens with zero attached hydrogens (tertiary/aromatic N) is 4. The monoisotopic (exact) mass is 516 g/mol. The van der Waals surface area contributed by atoms with Crippen LogP contribution in [0.25, 0.3) is 31.9 Å². The third-order valence-corrected chi connectivity index (χ3v) is 8.10. The van der Waals surface area contributed by atoms with Crippen molar-refractivity contribution in [3.8, 4) is 27.6 Å². The van der Waals surface area contributed by atoms with E-state index in [0.29, 0.717) is 28.0 Å². The minimum atomic E-state index is -4.07. The van der Waals surface area contributed by atoms with Crippen LogP contribution in [0, 0.1) is 0 Å². The molecule has 5 heterocycles. The molecule has 0 saturated carbocycles. The maximum atomic E-state index is 13.2. The number of pyridine rings is 2. The second-order valence-corrected chi connectivity index (χ2v) is 10.6. The Balaban J connectivity index is 1.62. The first-order chi connectivity index (χ1) is 17.4. The van der Waals surface area contributed by atoms with E-state index >= 15 is 0 Å². The molecule has 1 aromatic carbocycles. The molecule has 4 aromatic heterocycles. The largest absolute Gasteiger partial charge is 0.480 e. The minimum absolute atomic E-state index is 0.0855. The average molecular weight is 517 g/mol. The van der Waals surface area contributed by atoms with Crippen LogP contribution in [0.1, 0.15) is 10.4 Å². The number of amides is 1. The Morgan fingerprint density at radius 3 is 2.69 bits per heavy atom. The predicted molar refractivity (Wildman–Crippen MR) is 136 cm³/mol. The lowest BCUT2D eigenvalue weighted by Crippen LogP contribution is -2.16. The number of anilines is 2. The summed E-state index contributed by atoms with van der Waals surface area (Å²) in [7, 11) is -2.67. The van der Waals surface area contributed by atoms with Gasteiger partial charge in [-0.1, -0.05) is 6.07 Å². The van der Waals surface area contributed by atoms with Gasteiger partial charge >= 0.3 is 0 Å². The van der Waals surface area contributed by atoms with Gasteiger partial charge < -0.3 is 10.1 Å². The molecule has 6 rings (SSSR count). The summed E-state index contributed by atoms with van der Waals surface area (Å²) in [5.41, 5.74) is 3.51. The van der Waals surface area contributed by atoms with Gasteiger partial charge in [0.15, 0.2) is 0 Å². The second kappa shape index (κ2) is 8.36. The van der Waals surface area contributed by atoms with E-state index in [2.05, 4.69) is 30.0 Å². The smallest absolute Gasteiger partial charge is 0.262 e. The lowest BCUT2D eigenvalue weighted by molar-refractivity contribution is 0.102. The van der Waals surface area contributed by atoms with Gasteiger partial charge in [0.05, 0.1) is 39.8 Å². The van der Waals surface area contributed by atoms with Crippen LogP contribution in [0.3, 0.4) is 0 Å². The highest BCUT2D eigenvalue weighted by Gasteiger charge is 2.21. The van der Waals surface area contributed by atoms with E-state index in [1.54, 1.807) is 24.5 Å². The molecular weight excluding hydrogens is 500 g/mol. The molecule has 0 aliphatic carbocycles. The summed E-state index contributed by atoms with van der Waals surface area (Å²) in [6.07, 6.45) is 6.25. The maximum Gasteiger partial charge on any atom is 0.262 e. The summed E-state index contributed by atoms with van der Waals surface area (Å²) in [5.74, 6) is -0.374. The van der Waals surface area contributed by atoms with Crippen LogP contribution in [0.2, 0.25) is 0 Å². The van der Waals surface area contributed by atoms with Crippen LogP contribution >= 0.6 is 11.3 Å². The zero-order valence-electron chi connectivity index (χ0n) is 18.6. The molecule has 36 heavy (non-hydrogen) atoms. The van der Waals surface area contributed by atoms with Crippen molar-refractivity contribution >= 4 is 48.9 Å². The molecule has 1 aliphatic heterocycles. The van der Waals surface area contributed by atoms with Gasteiger partial charge in [-0.25, -0.2) is 23.4 Å². The number of sulfonamides is 1. The third kappa shape index (κ3) is 3.82. The van der Waals surface area contributed by atoms with Crippen LogP contribution < -0.4 is 14.8 Å². The van der Waals surface area contributed by atoms with Crippen LogP contribution in [0.15, 0.2) is 72.3 Å². The Hall–Kier alpha value is -4.42. The highest BCUT2D eigenvalue weighted by molar-refractivity contribution is 7.92. The number of aromatic nitrogens is 4. The third-order valence-electron chi connectivity index (χ3n) is 5.56. The van der Waals surface area contributed by atoms with Crippen molar-refractivity contribution in [2.24, 2.45) is 0 Å². The van der Waals surface area contributed by atoms with Gasteiger partial charge in [0, 0.05) is 34.0 Å². The van der Waals surface area contributed by atoms with Crippen LogP contribution in [-0.2, 0) is 10.0 Å². The Morgan fingerprint density at radius 2 is 1.83 bits per heavy atom. The van der Waals surface area contributed by atoms with E-state index in [4.69, 9.17) is 4.74 Å². The maximum absolute atomic E-state index is 13.2. The zero-order valence-corrected chi connectivity index (χ0v) is 20.2. The topological polar surface area (TPSA) is 136 Å². The van der Waals surface area contributed by atoms with E-state index in [1.165, 1.54) is 55.2 Å². The summed E-state index contributed by atoms with van der Waals surface area (Å²) in [5, 5.41) is 2.78. The molecule has 0 fully saturated rings. The fourth-order valence-electron chi connectivity index (χ4n) is 3.87. The molecular formula is C24H16N6O4S2. The van der Waals surface area contributed by atoms with Gasteiger partial charge in [-0.2, -0.15) is 0 Å². The minimum Gasteiger partial charge on any atom is -0.480 e. The second-order valence-electron chi connectivity index (χ2n) is 7.88. The van der Waals surface area contributed by atoms with Crippen molar-refractivity contribution in [1.29, 1.82) is 0 Å². The number of rotatable bonds is 1. The Kier molecular flexibility index (Phi) is 5.12. The summed E-state index contributed by atoms with van der Waals surface area (Å²) in [6, 6.07) is 11.0. The molecule has 0 unspecified atom stereocenters. The zero-order chi connectivity index (χ0) is 24.9. The van der Waals surface area contributed by atoms with Crippen LogP contribution in [-0.4, -0.2) is 41.4 Å². The van der Waals surface area contributed by atoms with Crippen LogP contribution in [0.4, 0.5) is 11.4 Å². The van der Waals surface area contributed by atoms with E-state index in [0.717, 1.165) is 9.58 Å². The van der Waals surface area contributed by atoms with Gasteiger partial charge in [0.2, 0.25) is 5.88 Å². The van der Waals surface area contributed by atoms with E-state index in [-0.39, 0.29) is 22.0 Å². The Labute approximate surface area is 209 Å². The molecule has 1 amide bonds. The lowest BCUT2D eigenvalue weighted by atomic mass is 10.1. The molecule has 8 bridgehead atoms. The van der Waals surface area contributed by atoms with E-state index in [1.807, 2.05) is 6.07 Å². The highest BCUT2D eigenvalue weighted by Crippen LogP contribution is 2.39. The first-order valence-electron chi connectivity index (χ1n) is 10.6. The Morgan fingerprint density at radius 1 is 0.944 bits per heavy atom. The van der Waals surface area contributed by atoms with Gasteiger partial charge in [0.25, 0.3) is 15.9 Å². The number of nitrogens with one attached hydrogen (secondary N) is 2. The van der Waals surface area contributed by atoms with E-state index in [9.17, 15) is 13.2 Å². The van der Waals surface area contributed by atoms with Gasteiger partial charge in [-0.15, -0.1) is 11.3 Å². The molecule has 0 atom stereocenters. The van der Waals surface area contributed by atoms with Crippen molar-refractivity contribution in [1.82, 2.24) is 19.9 Å². The molecule has 5 aromatic rings. The quantitative estimate of drug-likeness (QED) is 0.338. The van der Waals surface area contributed by atoms with Gasteiger partial charge in [-0.3, -0.25) is 14.5 Å². The van der Waals surface area contributed by atoms with Crippen molar-refractivity contribution < 1.29 is 17.9 Å². The molecule has 0 saturated heterocycles. The predicted octanol–water partition coefficient (Wildman–Crippen LogP) is 4.19. The molecule has 178 valence electrons. The molecule has 0 radical (unpaired) electrons. The molecule has 12 heteroatoms. The summed E-state index contributed by atoms with van der Waals surface area (Å²) >= 11 is 1.44. The van der Waals surface area contributed by atoms with Crippen molar-refractivity contribution in [2.45, 2.75) is 4.90 Å². The summed E-state index contributed by atoms with van der Waals surface area (Å²) < 4.78 is 35.1. The number of carbonyl (C=O) groups is 1. The van der Waals surface area contributed by atoms with Gasteiger partial charge in [-0.05, 0) is 36.4 Å². The number of carbonyl (C=O) groups excluding carboxylic acids is 1. The number of benzene rings is 1. The summed E-state index contributed by atoms with van der Waals surface area (Å²) in [4.78, 5) is 31.1. The van der Waals surface area contributed by atoms with E-state index < -0.39 is 15.9 Å². The number of hydrogen-bond acceptors (Lipinski definition) is 9. The fraction of sp³-hybridized carbons (Fsp3) is 0.0417.